The molecule has 6 heteroatoms. The molecular weight excluding hydrogens is 290 g/mol. The van der Waals surface area contributed by atoms with Crippen LogP contribution in [0.1, 0.15) is 31.9 Å². The van der Waals surface area contributed by atoms with E-state index in [-0.39, 0.29) is 0 Å². The van der Waals surface area contributed by atoms with Crippen LogP contribution in [0.25, 0.3) is 4.96 Å². The summed E-state index contributed by atoms with van der Waals surface area (Å²) in [6.07, 6.45) is 6.03. The van der Waals surface area contributed by atoms with Crippen LogP contribution in [0, 0.1) is 0 Å². The molecule has 1 saturated carbocycles. The lowest BCUT2D eigenvalue weighted by Crippen LogP contribution is -2.34. The van der Waals surface area contributed by atoms with Gasteiger partial charge in [-0.15, -0.1) is 11.3 Å². The molecule has 1 N–H and O–H groups in total. The van der Waals surface area contributed by atoms with Crippen molar-refractivity contribution in [3.8, 4) is 5.88 Å². The fraction of sp³-hybridized carbons (Fsp3) is 0.643. The zero-order chi connectivity index (χ0) is 13.9. The van der Waals surface area contributed by atoms with Gasteiger partial charge in [0.25, 0.3) is 0 Å². The van der Waals surface area contributed by atoms with E-state index in [1.807, 2.05) is 0 Å². The van der Waals surface area contributed by atoms with E-state index >= 15 is 0 Å². The summed E-state index contributed by atoms with van der Waals surface area (Å²) in [5, 5.41) is 6.55. The molecule has 1 aliphatic carbocycles. The molecule has 2 heterocycles. The van der Waals surface area contributed by atoms with Crippen molar-refractivity contribution in [2.45, 2.75) is 44.0 Å². The fourth-order valence-electron chi connectivity index (χ4n) is 2.94. The van der Waals surface area contributed by atoms with Gasteiger partial charge in [-0.1, -0.05) is 13.3 Å². The smallest absolute Gasteiger partial charge is 0.237 e. The molecule has 0 aromatic carbocycles. The van der Waals surface area contributed by atoms with Gasteiger partial charge >= 0.3 is 0 Å². The summed E-state index contributed by atoms with van der Waals surface area (Å²) >= 11 is 3.73. The summed E-state index contributed by atoms with van der Waals surface area (Å²) in [6.45, 7) is 3.07. The summed E-state index contributed by atoms with van der Waals surface area (Å²) in [5.41, 5.74) is 1.14. The minimum atomic E-state index is 0.619. The Bertz CT molecular complexity index is 566. The lowest BCUT2D eigenvalue weighted by atomic mass is 10.2. The van der Waals surface area contributed by atoms with E-state index in [9.17, 15) is 0 Å². The van der Waals surface area contributed by atoms with E-state index in [0.29, 0.717) is 6.04 Å². The molecule has 2 aromatic heterocycles. The van der Waals surface area contributed by atoms with E-state index in [4.69, 9.17) is 4.74 Å². The molecule has 3 rings (SSSR count). The Morgan fingerprint density at radius 2 is 2.45 bits per heavy atom. The largest absolute Gasteiger partial charge is 0.480 e. The van der Waals surface area contributed by atoms with Crippen LogP contribution >= 0.6 is 23.1 Å². The maximum absolute atomic E-state index is 5.41. The molecule has 0 bridgehead atoms. The quantitative estimate of drug-likeness (QED) is 0.889. The highest BCUT2D eigenvalue weighted by Gasteiger charge is 2.27. The number of nitrogens with zero attached hydrogens (tertiary/aromatic N) is 2. The van der Waals surface area contributed by atoms with Gasteiger partial charge in [0.15, 0.2) is 4.96 Å². The van der Waals surface area contributed by atoms with Gasteiger partial charge in [0.2, 0.25) is 5.88 Å². The second kappa shape index (κ2) is 6.37. The monoisotopic (exact) mass is 311 g/mol. The van der Waals surface area contributed by atoms with Crippen molar-refractivity contribution in [2.24, 2.45) is 0 Å². The number of thiazole rings is 1. The summed E-state index contributed by atoms with van der Waals surface area (Å²) < 4.78 is 7.54. The van der Waals surface area contributed by atoms with Gasteiger partial charge in [-0.05, 0) is 18.6 Å². The normalized spacial score (nSPS) is 22.7. The summed E-state index contributed by atoms with van der Waals surface area (Å²) in [5.74, 6) is 1.95. The molecule has 2 unspecified atom stereocenters. The van der Waals surface area contributed by atoms with Gasteiger partial charge in [0.05, 0.1) is 7.11 Å². The first kappa shape index (κ1) is 14.2. The molecule has 0 spiro atoms. The number of methoxy groups -OCH3 is 1. The van der Waals surface area contributed by atoms with Crippen LogP contribution in [0.15, 0.2) is 11.6 Å². The Morgan fingerprint density at radius 3 is 3.25 bits per heavy atom. The zero-order valence-electron chi connectivity index (χ0n) is 12.0. The summed E-state index contributed by atoms with van der Waals surface area (Å²) in [7, 11) is 1.70. The molecule has 0 radical (unpaired) electrons. The second-order valence-electron chi connectivity index (χ2n) is 5.04. The highest BCUT2D eigenvalue weighted by Crippen LogP contribution is 2.30. The highest BCUT2D eigenvalue weighted by atomic mass is 32.2. The minimum absolute atomic E-state index is 0.619. The molecule has 0 saturated heterocycles. The van der Waals surface area contributed by atoms with Gasteiger partial charge in [-0.3, -0.25) is 4.40 Å². The number of ether oxygens (including phenoxy) is 1. The van der Waals surface area contributed by atoms with E-state index in [0.717, 1.165) is 28.3 Å². The van der Waals surface area contributed by atoms with E-state index < -0.39 is 0 Å². The van der Waals surface area contributed by atoms with Gasteiger partial charge < -0.3 is 10.1 Å². The van der Waals surface area contributed by atoms with E-state index in [2.05, 4.69) is 45.0 Å². The molecular formula is C14H21N3OS2. The van der Waals surface area contributed by atoms with Gasteiger partial charge in [0, 0.05) is 29.4 Å². The number of thioether (sulfide) groups is 1. The maximum Gasteiger partial charge on any atom is 0.237 e. The van der Waals surface area contributed by atoms with Crippen molar-refractivity contribution in [1.29, 1.82) is 0 Å². The van der Waals surface area contributed by atoms with Crippen molar-refractivity contribution < 1.29 is 4.74 Å². The van der Waals surface area contributed by atoms with Crippen LogP contribution in [0.4, 0.5) is 0 Å². The molecule has 0 amide bonds. The predicted octanol–water partition coefficient (Wildman–Crippen LogP) is 3.17. The zero-order valence-corrected chi connectivity index (χ0v) is 13.6. The number of fused-ring (bicyclic) bond motifs is 1. The molecule has 2 aromatic rings. The van der Waals surface area contributed by atoms with Crippen LogP contribution in [-0.4, -0.2) is 33.5 Å². The van der Waals surface area contributed by atoms with Gasteiger partial charge in [0.1, 0.15) is 5.69 Å². The SMILES string of the molecule is CCSC1CCCC1NCc1c(OC)nc2sccn12. The van der Waals surface area contributed by atoms with Crippen LogP contribution in [0.5, 0.6) is 5.88 Å². The second-order valence-corrected chi connectivity index (χ2v) is 7.42. The Kier molecular flexibility index (Phi) is 4.53. The first-order valence-corrected chi connectivity index (χ1v) is 9.09. The number of imidazole rings is 1. The van der Waals surface area contributed by atoms with Gasteiger partial charge in [-0.2, -0.15) is 16.7 Å². The maximum atomic E-state index is 5.41. The molecule has 1 aliphatic rings. The number of rotatable bonds is 6. The number of hydrogen-bond donors (Lipinski definition) is 1. The first-order valence-electron chi connectivity index (χ1n) is 7.17. The van der Waals surface area contributed by atoms with Crippen LogP contribution in [0.2, 0.25) is 0 Å². The third kappa shape index (κ3) is 2.69. The third-order valence-electron chi connectivity index (χ3n) is 3.88. The van der Waals surface area contributed by atoms with Crippen molar-refractivity contribution in [3.05, 3.63) is 17.3 Å². The molecule has 1 fully saturated rings. The first-order chi connectivity index (χ1) is 9.83. The molecule has 2 atom stereocenters. The fourth-order valence-corrected chi connectivity index (χ4v) is 4.89. The minimum Gasteiger partial charge on any atom is -0.480 e. The van der Waals surface area contributed by atoms with E-state index in [1.165, 1.54) is 25.0 Å². The van der Waals surface area contributed by atoms with Crippen molar-refractivity contribution in [2.75, 3.05) is 12.9 Å². The Labute approximate surface area is 127 Å². The standard InChI is InChI=1S/C14H21N3OS2/c1-3-19-12-6-4-5-10(12)15-9-11-13(18-2)16-14-17(11)7-8-20-14/h7-8,10,12,15H,3-6,9H2,1-2H3. The Morgan fingerprint density at radius 1 is 1.55 bits per heavy atom. The summed E-state index contributed by atoms with van der Waals surface area (Å²) in [6, 6.07) is 0.619. The Hall–Kier alpha value is -0.720. The molecule has 110 valence electrons. The lowest BCUT2D eigenvalue weighted by molar-refractivity contribution is 0.390. The molecule has 0 aliphatic heterocycles. The highest BCUT2D eigenvalue weighted by molar-refractivity contribution is 7.99. The van der Waals surface area contributed by atoms with Crippen LogP contribution in [-0.2, 0) is 6.54 Å². The average Bonchev–Trinajstić information content (AvgIpc) is 3.12. The number of nitrogens with one attached hydrogen (secondary N) is 1. The van der Waals surface area contributed by atoms with Crippen LogP contribution in [0.3, 0.4) is 0 Å². The average molecular weight is 311 g/mol. The Balaban J connectivity index is 1.71. The summed E-state index contributed by atoms with van der Waals surface area (Å²) in [4.78, 5) is 5.51. The lowest BCUT2D eigenvalue weighted by Gasteiger charge is -2.20. The molecule has 20 heavy (non-hydrogen) atoms. The topological polar surface area (TPSA) is 38.6 Å². The van der Waals surface area contributed by atoms with E-state index in [1.54, 1.807) is 18.4 Å². The third-order valence-corrected chi connectivity index (χ3v) is 5.96. The number of aromatic nitrogens is 2. The predicted molar refractivity (Wildman–Crippen MR) is 86.0 cm³/mol. The van der Waals surface area contributed by atoms with Crippen molar-refractivity contribution in [1.82, 2.24) is 14.7 Å². The molecule has 4 nitrogen and oxygen atoms in total. The van der Waals surface area contributed by atoms with Crippen molar-refractivity contribution >= 4 is 28.1 Å². The van der Waals surface area contributed by atoms with Gasteiger partial charge in [-0.25, -0.2) is 0 Å². The number of hydrogen-bond acceptors (Lipinski definition) is 5. The van der Waals surface area contributed by atoms with Crippen molar-refractivity contribution in [3.63, 3.8) is 0 Å². The van der Waals surface area contributed by atoms with Crippen LogP contribution < -0.4 is 10.1 Å².